The molecule has 2 aliphatic heterocycles. The summed E-state index contributed by atoms with van der Waals surface area (Å²) in [6.07, 6.45) is 4.18. The molecule has 3 atom stereocenters. The molecule has 38 heavy (non-hydrogen) atoms. The van der Waals surface area contributed by atoms with E-state index >= 15 is 0 Å². The Bertz CT molecular complexity index is 1120. The van der Waals surface area contributed by atoms with Crippen molar-refractivity contribution in [1.82, 2.24) is 21.3 Å². The van der Waals surface area contributed by atoms with Gasteiger partial charge in [-0.15, -0.1) is 0 Å². The molecular weight excluding hydrogens is 528 g/mol. The molecule has 1 aliphatic carbocycles. The summed E-state index contributed by atoms with van der Waals surface area (Å²) in [7, 11) is 2.99. The molecule has 10 nitrogen and oxygen atoms in total. The van der Waals surface area contributed by atoms with E-state index in [0.29, 0.717) is 19.3 Å². The first-order chi connectivity index (χ1) is 18.2. The third-order valence-corrected chi connectivity index (χ3v) is 8.90. The minimum absolute atomic E-state index is 0.191. The van der Waals surface area contributed by atoms with Crippen LogP contribution < -0.4 is 21.3 Å². The van der Waals surface area contributed by atoms with Gasteiger partial charge in [-0.2, -0.15) is 0 Å². The normalized spacial score (nSPS) is 27.7. The average molecular weight is 561 g/mol. The number of esters is 1. The van der Waals surface area contributed by atoms with Gasteiger partial charge in [-0.1, -0.05) is 57.5 Å². The predicted molar refractivity (Wildman–Crippen MR) is 145 cm³/mol. The summed E-state index contributed by atoms with van der Waals surface area (Å²) in [5.41, 5.74) is 0.745. The number of hydrogen-bond acceptors (Lipinski definition) is 8. The van der Waals surface area contributed by atoms with E-state index in [1.54, 1.807) is 16.9 Å². The van der Waals surface area contributed by atoms with Crippen molar-refractivity contribution < 1.29 is 28.7 Å². The molecule has 0 unspecified atom stereocenters. The topological polar surface area (TPSA) is 143 Å². The van der Waals surface area contributed by atoms with Crippen molar-refractivity contribution in [1.29, 1.82) is 0 Å². The number of hydrogen-bond donors (Lipinski definition) is 4. The maximum Gasteiger partial charge on any atom is 0.326 e. The highest BCUT2D eigenvalue weighted by atomic mass is 33.1. The van der Waals surface area contributed by atoms with Crippen molar-refractivity contribution in [2.75, 3.05) is 18.1 Å². The second-order valence-electron chi connectivity index (χ2n) is 9.68. The van der Waals surface area contributed by atoms with Crippen LogP contribution in [-0.4, -0.2) is 71.4 Å². The van der Waals surface area contributed by atoms with Gasteiger partial charge in [0, 0.05) is 17.9 Å². The van der Waals surface area contributed by atoms with Crippen LogP contribution in [0.25, 0.3) is 0 Å². The van der Waals surface area contributed by atoms with E-state index in [1.807, 2.05) is 37.3 Å². The van der Waals surface area contributed by atoms with Gasteiger partial charge in [-0.05, 0) is 37.8 Å². The van der Waals surface area contributed by atoms with E-state index in [0.717, 1.165) is 16.9 Å². The highest BCUT2D eigenvalue weighted by molar-refractivity contribution is 8.76. The zero-order valence-electron chi connectivity index (χ0n) is 21.1. The van der Waals surface area contributed by atoms with E-state index in [-0.39, 0.29) is 25.1 Å². The van der Waals surface area contributed by atoms with Crippen LogP contribution in [0.2, 0.25) is 0 Å². The first kappa shape index (κ1) is 28.0. The van der Waals surface area contributed by atoms with E-state index < -0.39 is 53.3 Å². The van der Waals surface area contributed by atoms with Crippen LogP contribution in [0.3, 0.4) is 0 Å². The van der Waals surface area contributed by atoms with Crippen LogP contribution in [0, 0.1) is 6.92 Å². The molecule has 0 radical (unpaired) electrons. The molecule has 1 saturated heterocycles. The van der Waals surface area contributed by atoms with E-state index in [1.165, 1.54) is 10.8 Å². The average Bonchev–Trinajstić information content (AvgIpc) is 3.64. The molecule has 1 saturated carbocycles. The van der Waals surface area contributed by atoms with Gasteiger partial charge in [0.05, 0.1) is 6.42 Å². The molecule has 204 valence electrons. The maximum atomic E-state index is 13.5. The van der Waals surface area contributed by atoms with Gasteiger partial charge in [0.15, 0.2) is 0 Å². The van der Waals surface area contributed by atoms with Crippen molar-refractivity contribution in [3.05, 3.63) is 47.5 Å². The molecule has 4 amide bonds. The summed E-state index contributed by atoms with van der Waals surface area (Å²) in [6.45, 7) is 1.55. The van der Waals surface area contributed by atoms with E-state index in [4.69, 9.17) is 4.74 Å². The lowest BCUT2D eigenvalue weighted by molar-refractivity contribution is -0.148. The number of amides is 4. The lowest BCUT2D eigenvalue weighted by Gasteiger charge is -2.26. The van der Waals surface area contributed by atoms with Crippen molar-refractivity contribution in [2.45, 2.75) is 62.8 Å². The number of fused-ring (bicyclic) bond motifs is 7. The molecule has 2 fully saturated rings. The van der Waals surface area contributed by atoms with Crippen LogP contribution in [-0.2, 0) is 35.1 Å². The fraction of sp³-hybridized carbons (Fsp3) is 0.500. The molecule has 0 aromatic heterocycles. The number of aryl methyl sites for hydroxylation is 1. The molecule has 2 heterocycles. The quantitative estimate of drug-likeness (QED) is 0.238. The minimum atomic E-state index is -1.11. The summed E-state index contributed by atoms with van der Waals surface area (Å²) in [5.74, 6) is -1.66. The highest BCUT2D eigenvalue weighted by Crippen LogP contribution is 2.36. The Morgan fingerprint density at radius 2 is 1.87 bits per heavy atom. The third kappa shape index (κ3) is 7.76. The monoisotopic (exact) mass is 560 g/mol. The molecule has 1 aromatic carbocycles. The highest BCUT2D eigenvalue weighted by Gasteiger charge is 2.52. The zero-order chi connectivity index (χ0) is 27.1. The van der Waals surface area contributed by atoms with Crippen molar-refractivity contribution in [3.63, 3.8) is 0 Å². The largest absolute Gasteiger partial charge is 0.456 e. The van der Waals surface area contributed by atoms with E-state index in [2.05, 4.69) is 21.3 Å². The van der Waals surface area contributed by atoms with E-state index in [9.17, 15) is 24.0 Å². The Kier molecular flexibility index (Phi) is 9.37. The smallest absolute Gasteiger partial charge is 0.326 e. The molecule has 1 spiro atoms. The number of benzene rings is 1. The molecule has 3 aliphatic rings. The number of carbonyl (C=O) groups excluding carboxylic acids is 5. The van der Waals surface area contributed by atoms with Gasteiger partial charge in [0.25, 0.3) is 0 Å². The summed E-state index contributed by atoms with van der Waals surface area (Å²) in [4.78, 5) is 65.1. The van der Waals surface area contributed by atoms with Crippen molar-refractivity contribution in [3.8, 4) is 0 Å². The summed E-state index contributed by atoms with van der Waals surface area (Å²) in [5, 5.41) is 10.9. The fourth-order valence-corrected chi connectivity index (χ4v) is 6.41. The molecule has 12 heteroatoms. The van der Waals surface area contributed by atoms with Gasteiger partial charge in [0.1, 0.15) is 30.3 Å². The Hall–Kier alpha value is -2.99. The SMILES string of the molecule is Cc1cccc(C[C@H]2NC(=O)C[C@H]3/C=C/CCSSC[C@@H](NC2=O)C(=O)NC2(CC2)C(=O)NCC(=O)O3)c1. The lowest BCUT2D eigenvalue weighted by atomic mass is 10.0. The maximum absolute atomic E-state index is 13.5. The molecule has 2 bridgehead atoms. The Morgan fingerprint density at radius 1 is 1.05 bits per heavy atom. The predicted octanol–water partition coefficient (Wildman–Crippen LogP) is 0.929. The van der Waals surface area contributed by atoms with Crippen LogP contribution in [0.1, 0.15) is 36.8 Å². The van der Waals surface area contributed by atoms with Crippen molar-refractivity contribution in [2.24, 2.45) is 0 Å². The molecule has 4 N–H and O–H groups in total. The number of ether oxygens (including phenoxy) is 1. The summed E-state index contributed by atoms with van der Waals surface area (Å²) < 4.78 is 5.49. The van der Waals surface area contributed by atoms with Crippen LogP contribution in [0.4, 0.5) is 0 Å². The summed E-state index contributed by atoms with van der Waals surface area (Å²) in [6, 6.07) is 5.73. The molecule has 4 rings (SSSR count). The van der Waals surface area contributed by atoms with Gasteiger partial charge >= 0.3 is 5.97 Å². The van der Waals surface area contributed by atoms with Gasteiger partial charge in [0.2, 0.25) is 23.6 Å². The van der Waals surface area contributed by atoms with Crippen LogP contribution in [0.15, 0.2) is 36.4 Å². The minimum Gasteiger partial charge on any atom is -0.456 e. The second-order valence-corrected chi connectivity index (χ2v) is 12.3. The fourth-order valence-electron chi connectivity index (χ4n) is 4.25. The Labute approximate surface area is 229 Å². The van der Waals surface area contributed by atoms with Crippen LogP contribution >= 0.6 is 21.6 Å². The first-order valence-electron chi connectivity index (χ1n) is 12.6. The number of allylic oxidation sites excluding steroid dienone is 1. The zero-order valence-corrected chi connectivity index (χ0v) is 22.8. The Morgan fingerprint density at radius 3 is 2.63 bits per heavy atom. The standard InChI is InChI=1S/C26H32N4O6S2/c1-16-5-4-6-17(11-16)12-19-23(33)29-20-15-38-37-10-3-2-7-18(13-21(31)28-19)36-22(32)14-27-25(35)26(8-9-26)30-24(20)34/h2,4-7,11,18-20H,3,8-10,12-15H2,1H3,(H,27,35)(H,28,31)(H,29,33)(H,30,34)/b7-2+/t18-,19-,20-/m1/s1. The molecule has 1 aromatic rings. The third-order valence-electron chi connectivity index (χ3n) is 6.45. The van der Waals surface area contributed by atoms with Gasteiger partial charge in [-0.3, -0.25) is 24.0 Å². The number of rotatable bonds is 2. The number of carbonyl (C=O) groups is 5. The summed E-state index contributed by atoms with van der Waals surface area (Å²) >= 11 is 0. The van der Waals surface area contributed by atoms with Gasteiger partial charge < -0.3 is 26.0 Å². The molecular formula is C26H32N4O6S2. The first-order valence-corrected chi connectivity index (χ1v) is 15.1. The van der Waals surface area contributed by atoms with Gasteiger partial charge in [-0.25, -0.2) is 0 Å². The van der Waals surface area contributed by atoms with Crippen molar-refractivity contribution >= 4 is 51.2 Å². The Balaban J connectivity index is 1.66. The number of nitrogens with one attached hydrogen (secondary N) is 4. The second kappa shape index (κ2) is 12.7. The lowest BCUT2D eigenvalue weighted by Crippen LogP contribution is -2.59. The van der Waals surface area contributed by atoms with Crippen LogP contribution in [0.5, 0.6) is 0 Å².